The molecule has 3 heterocycles. The predicted molar refractivity (Wildman–Crippen MR) is 154 cm³/mol. The van der Waals surface area contributed by atoms with Crippen molar-refractivity contribution in [2.24, 2.45) is 5.92 Å². The third kappa shape index (κ3) is 6.33. The quantitative estimate of drug-likeness (QED) is 0.302. The van der Waals surface area contributed by atoms with E-state index in [1.54, 1.807) is 4.90 Å². The molecule has 5 rings (SSSR count). The number of carbonyl (C=O) groups is 2. The van der Waals surface area contributed by atoms with Crippen molar-refractivity contribution < 1.29 is 33.7 Å². The Bertz CT molecular complexity index is 1200. The first-order valence-electron chi connectivity index (χ1n) is 14.8. The highest BCUT2D eigenvalue weighted by atomic mass is 16.6. The van der Waals surface area contributed by atoms with Gasteiger partial charge in [-0.2, -0.15) is 5.48 Å². The summed E-state index contributed by atoms with van der Waals surface area (Å²) in [6.07, 6.45) is 0.487. The Morgan fingerprint density at radius 3 is 2.33 bits per heavy atom. The zero-order valence-corrected chi connectivity index (χ0v) is 24.8. The van der Waals surface area contributed by atoms with E-state index in [9.17, 15) is 14.8 Å². The van der Waals surface area contributed by atoms with Gasteiger partial charge in [0.2, 0.25) is 0 Å². The summed E-state index contributed by atoms with van der Waals surface area (Å²) in [5.74, 6) is -0.448. The highest BCUT2D eigenvalue weighted by molar-refractivity contribution is 5.78. The first-order chi connectivity index (χ1) is 20.2. The SMILES string of the molecule is COC(=O)CC(NO)[C@H]1OC(C)(C)N2C(=O)N3[C@H](C[C@H](OCc4ccccc4)[C@H](C)[C@H]3COCc3ccccc3)C[C@H]12. The minimum Gasteiger partial charge on any atom is -0.469 e. The molecule has 3 aliphatic heterocycles. The molecular formula is C32H43N3O7. The Morgan fingerprint density at radius 2 is 1.71 bits per heavy atom. The molecule has 7 atom stereocenters. The molecule has 0 spiro atoms. The summed E-state index contributed by atoms with van der Waals surface area (Å²) in [5, 5.41) is 9.99. The van der Waals surface area contributed by atoms with Gasteiger partial charge in [-0.15, -0.1) is 0 Å². The standard InChI is InChI=1S/C32H43N3O7/c1-21-27(20-40-18-22-11-7-5-8-12-22)34-24(16-28(21)41-19-23-13-9-6-10-14-23)15-26-30(25(33-38)17-29(36)39-4)42-32(2,3)35(26)31(34)37/h5-14,21,24-28,30,33,38H,15-20H2,1-4H3/t21-,24+,25?,26-,27-,28+,30-/m1/s1. The molecule has 10 nitrogen and oxygen atoms in total. The number of carbonyl (C=O) groups excluding carboxylic acids is 2. The highest BCUT2D eigenvalue weighted by Crippen LogP contribution is 2.45. The maximum Gasteiger partial charge on any atom is 0.323 e. The van der Waals surface area contributed by atoms with Gasteiger partial charge in [0.25, 0.3) is 0 Å². The van der Waals surface area contributed by atoms with Crippen LogP contribution in [0.2, 0.25) is 0 Å². The van der Waals surface area contributed by atoms with Crippen molar-refractivity contribution in [1.29, 1.82) is 0 Å². The fourth-order valence-corrected chi connectivity index (χ4v) is 6.86. The second kappa shape index (κ2) is 13.1. The van der Waals surface area contributed by atoms with Gasteiger partial charge >= 0.3 is 12.0 Å². The average molecular weight is 582 g/mol. The second-order valence-electron chi connectivity index (χ2n) is 12.1. The molecule has 0 saturated carbocycles. The number of nitrogens with one attached hydrogen (secondary N) is 1. The lowest BCUT2D eigenvalue weighted by Gasteiger charge is -2.55. The first kappa shape index (κ1) is 30.4. The van der Waals surface area contributed by atoms with Crippen LogP contribution in [0.25, 0.3) is 0 Å². The number of nitrogens with zero attached hydrogens (tertiary/aromatic N) is 2. The Balaban J connectivity index is 1.39. The van der Waals surface area contributed by atoms with Gasteiger partial charge in [0.15, 0.2) is 0 Å². The smallest absolute Gasteiger partial charge is 0.323 e. The molecule has 0 radical (unpaired) electrons. The van der Waals surface area contributed by atoms with E-state index >= 15 is 0 Å². The largest absolute Gasteiger partial charge is 0.469 e. The summed E-state index contributed by atoms with van der Waals surface area (Å²) < 4.78 is 24.0. The van der Waals surface area contributed by atoms with Crippen molar-refractivity contribution in [3.63, 3.8) is 0 Å². The minimum absolute atomic E-state index is 0.0230. The van der Waals surface area contributed by atoms with Gasteiger partial charge in [-0.25, -0.2) is 4.79 Å². The fourth-order valence-electron chi connectivity index (χ4n) is 6.86. The molecule has 0 aliphatic carbocycles. The number of urea groups is 1. The Morgan fingerprint density at radius 1 is 1.07 bits per heavy atom. The number of piperidine rings is 1. The van der Waals surface area contributed by atoms with Gasteiger partial charge in [0.1, 0.15) is 5.72 Å². The van der Waals surface area contributed by atoms with E-state index in [-0.39, 0.29) is 42.6 Å². The van der Waals surface area contributed by atoms with E-state index in [4.69, 9.17) is 18.9 Å². The highest BCUT2D eigenvalue weighted by Gasteiger charge is 2.60. The van der Waals surface area contributed by atoms with Crippen LogP contribution < -0.4 is 5.48 Å². The zero-order valence-electron chi connectivity index (χ0n) is 24.8. The Kier molecular flexibility index (Phi) is 9.49. The summed E-state index contributed by atoms with van der Waals surface area (Å²) in [7, 11) is 1.31. The van der Waals surface area contributed by atoms with Crippen LogP contribution in [0.1, 0.15) is 51.2 Å². The fraction of sp³-hybridized carbons (Fsp3) is 0.562. The molecule has 42 heavy (non-hydrogen) atoms. The Labute approximate surface area is 247 Å². The van der Waals surface area contributed by atoms with Crippen LogP contribution in [0.5, 0.6) is 0 Å². The van der Waals surface area contributed by atoms with Crippen LogP contribution in [0, 0.1) is 5.92 Å². The predicted octanol–water partition coefficient (Wildman–Crippen LogP) is 4.11. The number of ether oxygens (including phenoxy) is 4. The van der Waals surface area contributed by atoms with Crippen LogP contribution in [-0.2, 0) is 37.0 Å². The molecule has 228 valence electrons. The summed E-state index contributed by atoms with van der Waals surface area (Å²) >= 11 is 0. The minimum atomic E-state index is -0.943. The number of methoxy groups -OCH3 is 1. The lowest BCUT2D eigenvalue weighted by molar-refractivity contribution is -0.144. The average Bonchev–Trinajstić information content (AvgIpc) is 3.27. The Hall–Kier alpha value is -3.02. The maximum atomic E-state index is 14.4. The van der Waals surface area contributed by atoms with Crippen molar-refractivity contribution in [1.82, 2.24) is 15.3 Å². The summed E-state index contributed by atoms with van der Waals surface area (Å²) in [4.78, 5) is 30.2. The van der Waals surface area contributed by atoms with E-state index in [1.165, 1.54) is 7.11 Å². The molecule has 2 N–H and O–H groups in total. The molecule has 2 amide bonds. The zero-order chi connectivity index (χ0) is 29.9. The van der Waals surface area contributed by atoms with E-state index in [0.717, 1.165) is 11.1 Å². The molecular weight excluding hydrogens is 538 g/mol. The topological polar surface area (TPSA) is 110 Å². The monoisotopic (exact) mass is 581 g/mol. The van der Waals surface area contributed by atoms with Crippen LogP contribution in [-0.4, -0.2) is 82.8 Å². The van der Waals surface area contributed by atoms with Gasteiger partial charge in [-0.3, -0.25) is 9.69 Å². The maximum absolute atomic E-state index is 14.4. The van der Waals surface area contributed by atoms with Crippen LogP contribution in [0.3, 0.4) is 0 Å². The number of amides is 2. The van der Waals surface area contributed by atoms with Gasteiger partial charge in [-0.1, -0.05) is 67.6 Å². The number of benzene rings is 2. The van der Waals surface area contributed by atoms with Crippen molar-refractivity contribution in [2.75, 3.05) is 13.7 Å². The van der Waals surface area contributed by atoms with Gasteiger partial charge in [0, 0.05) is 12.0 Å². The first-order valence-corrected chi connectivity index (χ1v) is 14.8. The number of esters is 1. The van der Waals surface area contributed by atoms with Crippen LogP contribution in [0.4, 0.5) is 4.79 Å². The molecule has 0 bridgehead atoms. The lowest BCUT2D eigenvalue weighted by atomic mass is 9.79. The summed E-state index contributed by atoms with van der Waals surface area (Å²) in [6.45, 7) is 7.15. The van der Waals surface area contributed by atoms with E-state index in [1.807, 2.05) is 79.4 Å². The van der Waals surface area contributed by atoms with Gasteiger partial charge in [-0.05, 0) is 37.8 Å². The number of fused-ring (bicyclic) bond motifs is 2. The molecule has 2 aromatic rings. The third-order valence-corrected chi connectivity index (χ3v) is 8.99. The molecule has 10 heteroatoms. The third-order valence-electron chi connectivity index (χ3n) is 8.99. The number of hydrogen-bond acceptors (Lipinski definition) is 8. The molecule has 1 unspecified atom stereocenters. The van der Waals surface area contributed by atoms with Gasteiger partial charge in [0.05, 0.1) is 63.7 Å². The summed E-state index contributed by atoms with van der Waals surface area (Å²) in [5.41, 5.74) is 3.48. The number of hydroxylamine groups is 1. The van der Waals surface area contributed by atoms with Crippen LogP contribution in [0.15, 0.2) is 60.7 Å². The molecule has 0 aromatic heterocycles. The lowest BCUT2D eigenvalue weighted by Crippen LogP contribution is -2.69. The molecule has 2 aromatic carbocycles. The van der Waals surface area contributed by atoms with Crippen molar-refractivity contribution in [3.8, 4) is 0 Å². The van der Waals surface area contributed by atoms with E-state index in [2.05, 4.69) is 12.4 Å². The van der Waals surface area contributed by atoms with Crippen molar-refractivity contribution >= 4 is 12.0 Å². The van der Waals surface area contributed by atoms with Crippen molar-refractivity contribution in [3.05, 3.63) is 71.8 Å². The molecule has 3 aliphatic rings. The van der Waals surface area contributed by atoms with Gasteiger partial charge < -0.3 is 29.1 Å². The normalized spacial score (nSPS) is 29.1. The molecule has 3 saturated heterocycles. The number of rotatable bonds is 11. The van der Waals surface area contributed by atoms with E-state index < -0.39 is 23.8 Å². The summed E-state index contributed by atoms with van der Waals surface area (Å²) in [6, 6.07) is 18.5. The van der Waals surface area contributed by atoms with E-state index in [0.29, 0.717) is 32.7 Å². The second-order valence-corrected chi connectivity index (χ2v) is 12.1. The van der Waals surface area contributed by atoms with Crippen LogP contribution >= 0.6 is 0 Å². The molecule has 3 fully saturated rings. The van der Waals surface area contributed by atoms with Crippen molar-refractivity contribution in [2.45, 2.75) is 95.3 Å². The number of hydrogen-bond donors (Lipinski definition) is 2.